The van der Waals surface area contributed by atoms with Crippen LogP contribution in [0.4, 0.5) is 19.0 Å². The number of rotatable bonds is 6. The first kappa shape index (κ1) is 27.5. The van der Waals surface area contributed by atoms with Crippen LogP contribution in [0.25, 0.3) is 28.2 Å². The maximum absolute atomic E-state index is 13.8. The number of piperidine rings is 1. The zero-order chi connectivity index (χ0) is 29.9. The number of hydrogen-bond donors (Lipinski definition) is 1. The number of hydrogen-bond acceptors (Lipinski definition) is 6. The van der Waals surface area contributed by atoms with Crippen LogP contribution < -0.4 is 9.64 Å². The van der Waals surface area contributed by atoms with Gasteiger partial charge in [-0.25, -0.2) is 9.78 Å². The smallest absolute Gasteiger partial charge is 0.417 e. The lowest BCUT2D eigenvalue weighted by atomic mass is 9.60. The van der Waals surface area contributed by atoms with Crippen LogP contribution in [0.15, 0.2) is 58.6 Å². The maximum Gasteiger partial charge on any atom is 0.417 e. The normalized spacial score (nSPS) is 18.1. The summed E-state index contributed by atoms with van der Waals surface area (Å²) in [7, 11) is 1.54. The molecule has 7 rings (SSSR count). The van der Waals surface area contributed by atoms with Crippen LogP contribution in [-0.2, 0) is 6.18 Å². The van der Waals surface area contributed by atoms with E-state index in [1.54, 1.807) is 25.3 Å². The van der Waals surface area contributed by atoms with E-state index in [1.807, 2.05) is 12.1 Å². The number of carboxylic acid groups (broad SMARTS) is 1. The molecule has 2 aliphatic carbocycles. The van der Waals surface area contributed by atoms with Gasteiger partial charge >= 0.3 is 12.1 Å². The van der Waals surface area contributed by atoms with Crippen molar-refractivity contribution in [1.29, 1.82) is 0 Å². The van der Waals surface area contributed by atoms with Crippen LogP contribution in [0.5, 0.6) is 5.75 Å². The lowest BCUT2D eigenvalue weighted by Crippen LogP contribution is -2.44. The number of pyridine rings is 1. The highest BCUT2D eigenvalue weighted by Crippen LogP contribution is 2.54. The predicted molar refractivity (Wildman–Crippen MR) is 155 cm³/mol. The van der Waals surface area contributed by atoms with Gasteiger partial charge in [-0.15, -0.1) is 0 Å². The molecule has 0 unspecified atom stereocenters. The summed E-state index contributed by atoms with van der Waals surface area (Å²) >= 11 is 0. The van der Waals surface area contributed by atoms with Crippen molar-refractivity contribution in [3.8, 4) is 17.0 Å². The number of aromatic nitrogens is 2. The Morgan fingerprint density at radius 2 is 1.84 bits per heavy atom. The van der Waals surface area contributed by atoms with Gasteiger partial charge in [0.15, 0.2) is 0 Å². The van der Waals surface area contributed by atoms with E-state index in [0.717, 1.165) is 63.5 Å². The number of benzene rings is 2. The van der Waals surface area contributed by atoms with Crippen molar-refractivity contribution in [3.63, 3.8) is 0 Å². The molecule has 1 spiro atoms. The number of halogens is 3. The Morgan fingerprint density at radius 1 is 1.09 bits per heavy atom. The first-order valence-electron chi connectivity index (χ1n) is 14.5. The second kappa shape index (κ2) is 10.1. The molecule has 0 amide bonds. The Bertz CT molecular complexity index is 1760. The fourth-order valence-corrected chi connectivity index (χ4v) is 6.71. The summed E-state index contributed by atoms with van der Waals surface area (Å²) in [6, 6.07) is 12.4. The quantitative estimate of drug-likeness (QED) is 0.244. The Morgan fingerprint density at radius 3 is 2.51 bits per heavy atom. The zero-order valence-electron chi connectivity index (χ0n) is 23.6. The summed E-state index contributed by atoms with van der Waals surface area (Å²) in [5.74, 6) is 1.20. The molecule has 1 N–H and O–H groups in total. The molecule has 222 valence electrons. The van der Waals surface area contributed by atoms with Crippen molar-refractivity contribution in [2.45, 2.75) is 50.6 Å². The van der Waals surface area contributed by atoms with Crippen molar-refractivity contribution in [2.75, 3.05) is 25.1 Å². The van der Waals surface area contributed by atoms with Gasteiger partial charge in [0.25, 0.3) is 0 Å². The minimum Gasteiger partial charge on any atom is -0.494 e. The number of aromatic carboxylic acids is 1. The lowest BCUT2D eigenvalue weighted by Gasteiger charge is -2.49. The van der Waals surface area contributed by atoms with Crippen molar-refractivity contribution in [3.05, 3.63) is 76.6 Å². The minimum atomic E-state index is -4.49. The molecule has 3 fully saturated rings. The van der Waals surface area contributed by atoms with Gasteiger partial charge in [0, 0.05) is 35.5 Å². The molecule has 2 saturated carbocycles. The van der Waals surface area contributed by atoms with Crippen LogP contribution in [0.2, 0.25) is 0 Å². The monoisotopic (exact) mass is 589 g/mol. The highest BCUT2D eigenvalue weighted by Gasteiger charge is 2.44. The second-order valence-electron chi connectivity index (χ2n) is 12.0. The summed E-state index contributed by atoms with van der Waals surface area (Å²) in [4.78, 5) is 18.7. The molecular formula is C33H30F3N3O4. The Kier molecular flexibility index (Phi) is 6.48. The molecule has 10 heteroatoms. The first-order valence-corrected chi connectivity index (χ1v) is 14.5. The Labute approximate surface area is 246 Å². The Hall–Kier alpha value is -4.34. The standard InChI is InChI=1S/C33H30F3N3O4/c1-42-26-10-8-22(31(40)41)21-9-11-27(37-29(21)26)39-14-12-32(13-15-39)17-19(18-32)16-24-28(38-43-30(24)20-6-7-20)23-4-2-3-5-25(23)33(34,35)36/h2-5,8-11,16,20H,6-7,12-15,17-18H2,1H3,(H,40,41). The zero-order valence-corrected chi connectivity index (χ0v) is 23.6. The fraction of sp³-hybridized carbons (Fsp3) is 0.364. The number of ether oxygens (including phenoxy) is 1. The second-order valence-corrected chi connectivity index (χ2v) is 12.0. The SMILES string of the molecule is COc1ccc(C(=O)O)c2ccc(N3CCC4(CC3)CC(=Cc3c(-c5ccccc5C(F)(F)F)noc3C3CC3)C4)nc12. The molecule has 1 saturated heterocycles. The van der Waals surface area contributed by atoms with E-state index in [9.17, 15) is 23.1 Å². The van der Waals surface area contributed by atoms with E-state index < -0.39 is 17.7 Å². The van der Waals surface area contributed by atoms with E-state index in [0.29, 0.717) is 28.0 Å². The number of allylic oxidation sites excluding steroid dienone is 1. The number of carbonyl (C=O) groups is 1. The largest absolute Gasteiger partial charge is 0.494 e. The number of nitrogens with zero attached hydrogens (tertiary/aromatic N) is 3. The molecule has 3 heterocycles. The molecule has 2 aromatic carbocycles. The third-order valence-electron chi connectivity index (χ3n) is 9.15. The number of methoxy groups -OCH3 is 1. The predicted octanol–water partition coefficient (Wildman–Crippen LogP) is 7.96. The Balaban J connectivity index is 1.10. The minimum absolute atomic E-state index is 0.0508. The van der Waals surface area contributed by atoms with Gasteiger partial charge in [0.2, 0.25) is 0 Å². The van der Waals surface area contributed by atoms with Crippen molar-refractivity contribution in [2.24, 2.45) is 5.41 Å². The molecule has 7 nitrogen and oxygen atoms in total. The van der Waals surface area contributed by atoms with E-state index >= 15 is 0 Å². The van der Waals surface area contributed by atoms with Gasteiger partial charge in [-0.2, -0.15) is 13.2 Å². The van der Waals surface area contributed by atoms with Gasteiger partial charge in [0.1, 0.15) is 28.5 Å². The molecule has 1 aliphatic heterocycles. The molecular weight excluding hydrogens is 559 g/mol. The van der Waals surface area contributed by atoms with Crippen LogP contribution in [0.3, 0.4) is 0 Å². The summed E-state index contributed by atoms with van der Waals surface area (Å²) in [5.41, 5.74) is 2.37. The average molecular weight is 590 g/mol. The van der Waals surface area contributed by atoms with Gasteiger partial charge in [0.05, 0.1) is 18.2 Å². The molecule has 0 atom stereocenters. The van der Waals surface area contributed by atoms with Gasteiger partial charge in [-0.1, -0.05) is 28.9 Å². The van der Waals surface area contributed by atoms with Crippen LogP contribution in [0.1, 0.15) is 71.7 Å². The molecule has 2 aromatic heterocycles. The van der Waals surface area contributed by atoms with Crippen molar-refractivity contribution in [1.82, 2.24) is 10.1 Å². The summed E-state index contributed by atoms with van der Waals surface area (Å²) in [5, 5.41) is 14.3. The first-order chi connectivity index (χ1) is 20.7. The third-order valence-corrected chi connectivity index (χ3v) is 9.15. The van der Waals surface area contributed by atoms with Crippen LogP contribution in [-0.4, -0.2) is 41.4 Å². The summed E-state index contributed by atoms with van der Waals surface area (Å²) < 4.78 is 52.6. The third kappa shape index (κ3) is 4.92. The topological polar surface area (TPSA) is 88.7 Å². The van der Waals surface area contributed by atoms with E-state index in [4.69, 9.17) is 14.2 Å². The molecule has 0 bridgehead atoms. The number of fused-ring (bicyclic) bond motifs is 1. The number of carboxylic acids is 1. The highest BCUT2D eigenvalue weighted by atomic mass is 19.4. The molecule has 4 aromatic rings. The van der Waals surface area contributed by atoms with Gasteiger partial charge in [-0.05, 0) is 80.3 Å². The highest BCUT2D eigenvalue weighted by molar-refractivity contribution is 6.04. The lowest BCUT2D eigenvalue weighted by molar-refractivity contribution is -0.137. The van der Waals surface area contributed by atoms with Crippen molar-refractivity contribution < 1.29 is 32.3 Å². The fourth-order valence-electron chi connectivity index (χ4n) is 6.71. The molecule has 3 aliphatic rings. The summed E-state index contributed by atoms with van der Waals surface area (Å²) in [6.45, 7) is 1.61. The van der Waals surface area contributed by atoms with Crippen LogP contribution in [0, 0.1) is 5.41 Å². The molecule has 43 heavy (non-hydrogen) atoms. The van der Waals surface area contributed by atoms with E-state index in [-0.39, 0.29) is 28.2 Å². The number of anilines is 1. The van der Waals surface area contributed by atoms with Gasteiger partial charge < -0.3 is 19.3 Å². The summed E-state index contributed by atoms with van der Waals surface area (Å²) in [6.07, 6.45) is 3.14. The van der Waals surface area contributed by atoms with Crippen LogP contribution >= 0.6 is 0 Å². The number of alkyl halides is 3. The van der Waals surface area contributed by atoms with Gasteiger partial charge in [-0.3, -0.25) is 0 Å². The van der Waals surface area contributed by atoms with E-state index in [1.165, 1.54) is 23.8 Å². The average Bonchev–Trinajstić information content (AvgIpc) is 3.74. The van der Waals surface area contributed by atoms with Crippen molar-refractivity contribution >= 4 is 28.8 Å². The van der Waals surface area contributed by atoms with E-state index in [2.05, 4.69) is 10.1 Å². The maximum atomic E-state index is 13.8. The molecule has 0 radical (unpaired) electrons.